The fourth-order valence-corrected chi connectivity index (χ4v) is 2.59. The molecule has 1 heterocycles. The van der Waals surface area contributed by atoms with Gasteiger partial charge in [0.1, 0.15) is 12.4 Å². The van der Waals surface area contributed by atoms with Crippen LogP contribution in [0.4, 0.5) is 10.1 Å². The summed E-state index contributed by atoms with van der Waals surface area (Å²) in [5.41, 5.74) is 2.74. The molecule has 0 bridgehead atoms. The van der Waals surface area contributed by atoms with Crippen LogP contribution in [0.25, 0.3) is 0 Å². The van der Waals surface area contributed by atoms with E-state index in [-0.39, 0.29) is 18.3 Å². The molecule has 20 heavy (non-hydrogen) atoms. The van der Waals surface area contributed by atoms with E-state index in [1.165, 1.54) is 18.6 Å². The predicted molar refractivity (Wildman–Crippen MR) is 73.9 cm³/mol. The number of carbonyl (C=O) groups is 1. The Morgan fingerprint density at radius 3 is 3.05 bits per heavy atom. The lowest BCUT2D eigenvalue weighted by Gasteiger charge is -2.14. The van der Waals surface area contributed by atoms with Crippen molar-refractivity contribution in [2.75, 3.05) is 5.32 Å². The predicted octanol–water partition coefficient (Wildman–Crippen LogP) is 2.54. The second-order valence-electron chi connectivity index (χ2n) is 5.03. The summed E-state index contributed by atoms with van der Waals surface area (Å²) >= 11 is 0. The van der Waals surface area contributed by atoms with E-state index >= 15 is 0 Å². The van der Waals surface area contributed by atoms with Crippen molar-refractivity contribution in [2.45, 2.75) is 32.2 Å². The Bertz CT molecular complexity index is 636. The van der Waals surface area contributed by atoms with E-state index in [9.17, 15) is 9.18 Å². The van der Waals surface area contributed by atoms with Crippen LogP contribution >= 0.6 is 0 Å². The maximum absolute atomic E-state index is 13.1. The number of aromatic nitrogens is 2. The second-order valence-corrected chi connectivity index (χ2v) is 5.03. The third-order valence-corrected chi connectivity index (χ3v) is 3.53. The summed E-state index contributed by atoms with van der Waals surface area (Å²) in [6.45, 7) is 0.221. The summed E-state index contributed by atoms with van der Waals surface area (Å²) in [6, 6.07) is 5.90. The van der Waals surface area contributed by atoms with Crippen LogP contribution in [0.3, 0.4) is 0 Å². The van der Waals surface area contributed by atoms with Crippen LogP contribution in [0.2, 0.25) is 0 Å². The van der Waals surface area contributed by atoms with Crippen LogP contribution < -0.4 is 5.32 Å². The second kappa shape index (κ2) is 5.45. The van der Waals surface area contributed by atoms with Gasteiger partial charge in [-0.1, -0.05) is 6.07 Å². The molecule has 3 rings (SSSR count). The lowest BCUT2D eigenvalue weighted by atomic mass is 10.0. The van der Waals surface area contributed by atoms with E-state index in [1.807, 2.05) is 4.57 Å². The Kier molecular flexibility index (Phi) is 3.50. The fraction of sp³-hybridized carbons (Fsp3) is 0.333. The molecule has 104 valence electrons. The number of hydrogen-bond donors (Lipinski definition) is 1. The number of hydrogen-bond acceptors (Lipinski definition) is 2. The molecule has 2 aromatic rings. The van der Waals surface area contributed by atoms with Crippen LogP contribution in [0, 0.1) is 5.82 Å². The van der Waals surface area contributed by atoms with Crippen molar-refractivity contribution in [3.63, 3.8) is 0 Å². The third-order valence-electron chi connectivity index (χ3n) is 3.53. The number of anilines is 1. The molecule has 4 nitrogen and oxygen atoms in total. The minimum absolute atomic E-state index is 0.165. The van der Waals surface area contributed by atoms with Crippen LogP contribution in [0.15, 0.2) is 30.6 Å². The van der Waals surface area contributed by atoms with E-state index in [0.29, 0.717) is 5.69 Å². The molecule has 1 amide bonds. The molecule has 1 N–H and O–H groups in total. The van der Waals surface area contributed by atoms with Crippen molar-refractivity contribution in [1.82, 2.24) is 9.55 Å². The molecule has 5 heteroatoms. The fourth-order valence-electron chi connectivity index (χ4n) is 2.59. The average molecular weight is 273 g/mol. The van der Waals surface area contributed by atoms with Crippen molar-refractivity contribution >= 4 is 11.6 Å². The Morgan fingerprint density at radius 2 is 2.20 bits per heavy atom. The molecule has 1 aromatic carbocycles. The maximum atomic E-state index is 13.1. The zero-order valence-electron chi connectivity index (χ0n) is 11.1. The Labute approximate surface area is 116 Å². The van der Waals surface area contributed by atoms with Gasteiger partial charge in [0.25, 0.3) is 0 Å². The Balaban J connectivity index is 1.69. The van der Waals surface area contributed by atoms with E-state index < -0.39 is 0 Å². The highest BCUT2D eigenvalue weighted by Crippen LogP contribution is 2.19. The Hall–Kier alpha value is -2.17. The molecular formula is C15H16FN3O. The molecule has 0 fully saturated rings. The van der Waals surface area contributed by atoms with Gasteiger partial charge in [0.15, 0.2) is 0 Å². The summed E-state index contributed by atoms with van der Waals surface area (Å²) in [5, 5.41) is 2.70. The van der Waals surface area contributed by atoms with Crippen LogP contribution in [-0.4, -0.2) is 15.5 Å². The molecule has 0 saturated heterocycles. The number of benzene rings is 1. The van der Waals surface area contributed by atoms with Gasteiger partial charge in [-0.25, -0.2) is 9.37 Å². The van der Waals surface area contributed by atoms with Crippen LogP contribution in [0.5, 0.6) is 0 Å². The summed E-state index contributed by atoms with van der Waals surface area (Å²) < 4.78 is 14.9. The summed E-state index contributed by atoms with van der Waals surface area (Å²) in [5.74, 6) is -0.524. The minimum Gasteiger partial charge on any atom is -0.325 e. The van der Waals surface area contributed by atoms with E-state index in [1.54, 1.807) is 18.5 Å². The molecular weight excluding hydrogens is 257 g/mol. The van der Waals surface area contributed by atoms with Gasteiger partial charge in [0, 0.05) is 11.4 Å². The number of fused-ring (bicyclic) bond motifs is 1. The molecule has 0 spiro atoms. The van der Waals surface area contributed by atoms with E-state index in [2.05, 4.69) is 10.3 Å². The van der Waals surface area contributed by atoms with Gasteiger partial charge < -0.3 is 9.88 Å². The van der Waals surface area contributed by atoms with Gasteiger partial charge in [-0.2, -0.15) is 0 Å². The smallest absolute Gasteiger partial charge is 0.244 e. The van der Waals surface area contributed by atoms with Crippen molar-refractivity contribution < 1.29 is 9.18 Å². The Morgan fingerprint density at radius 1 is 1.35 bits per heavy atom. The average Bonchev–Trinajstić information content (AvgIpc) is 2.82. The number of rotatable bonds is 3. The molecule has 0 atom stereocenters. The maximum Gasteiger partial charge on any atom is 0.244 e. The topological polar surface area (TPSA) is 46.9 Å². The number of imidazole rings is 1. The molecule has 0 aliphatic heterocycles. The number of aryl methyl sites for hydroxylation is 1. The monoisotopic (exact) mass is 273 g/mol. The summed E-state index contributed by atoms with van der Waals surface area (Å²) in [4.78, 5) is 16.3. The summed E-state index contributed by atoms with van der Waals surface area (Å²) in [7, 11) is 0. The SMILES string of the molecule is O=C(Cn1cnc2c1CCCC2)Nc1cccc(F)c1. The molecule has 0 radical (unpaired) electrons. The molecule has 1 aromatic heterocycles. The van der Waals surface area contributed by atoms with Crippen molar-refractivity contribution in [2.24, 2.45) is 0 Å². The lowest BCUT2D eigenvalue weighted by Crippen LogP contribution is -2.20. The quantitative estimate of drug-likeness (QED) is 0.934. The molecule has 0 saturated carbocycles. The van der Waals surface area contributed by atoms with Gasteiger partial charge in [-0.3, -0.25) is 4.79 Å². The van der Waals surface area contributed by atoms with E-state index in [0.717, 1.165) is 30.7 Å². The number of nitrogens with zero attached hydrogens (tertiary/aromatic N) is 2. The number of carbonyl (C=O) groups excluding carboxylic acids is 1. The number of nitrogens with one attached hydrogen (secondary N) is 1. The third kappa shape index (κ3) is 2.71. The van der Waals surface area contributed by atoms with Crippen LogP contribution in [-0.2, 0) is 24.2 Å². The first-order valence-corrected chi connectivity index (χ1v) is 6.80. The molecule has 1 aliphatic rings. The van der Waals surface area contributed by atoms with E-state index in [4.69, 9.17) is 0 Å². The van der Waals surface area contributed by atoms with Gasteiger partial charge in [0.05, 0.1) is 12.0 Å². The molecule has 1 aliphatic carbocycles. The first-order chi connectivity index (χ1) is 9.72. The van der Waals surface area contributed by atoms with Gasteiger partial charge in [0.2, 0.25) is 5.91 Å². The standard InChI is InChI=1S/C15H16FN3O/c16-11-4-3-5-12(8-11)18-15(20)9-19-10-17-13-6-1-2-7-14(13)19/h3-5,8,10H,1-2,6-7,9H2,(H,18,20). The zero-order chi connectivity index (χ0) is 13.9. The zero-order valence-corrected chi connectivity index (χ0v) is 11.1. The number of halogens is 1. The normalized spacial score (nSPS) is 13.8. The van der Waals surface area contributed by atoms with Crippen molar-refractivity contribution in [3.8, 4) is 0 Å². The highest BCUT2D eigenvalue weighted by atomic mass is 19.1. The van der Waals surface area contributed by atoms with Gasteiger partial charge >= 0.3 is 0 Å². The van der Waals surface area contributed by atoms with Gasteiger partial charge in [-0.15, -0.1) is 0 Å². The first-order valence-electron chi connectivity index (χ1n) is 6.80. The summed E-state index contributed by atoms with van der Waals surface area (Å²) in [6.07, 6.45) is 6.00. The van der Waals surface area contributed by atoms with Crippen molar-refractivity contribution in [1.29, 1.82) is 0 Å². The lowest BCUT2D eigenvalue weighted by molar-refractivity contribution is -0.116. The largest absolute Gasteiger partial charge is 0.325 e. The highest BCUT2D eigenvalue weighted by Gasteiger charge is 2.16. The minimum atomic E-state index is -0.359. The first kappa shape index (κ1) is 12.8. The number of amides is 1. The van der Waals surface area contributed by atoms with Gasteiger partial charge in [-0.05, 0) is 43.9 Å². The highest BCUT2D eigenvalue weighted by molar-refractivity contribution is 5.90. The molecule has 0 unspecified atom stereocenters. The van der Waals surface area contributed by atoms with Crippen molar-refractivity contribution in [3.05, 3.63) is 47.8 Å². The van der Waals surface area contributed by atoms with Crippen LogP contribution in [0.1, 0.15) is 24.2 Å².